The molecule has 0 bridgehead atoms. The Balaban J connectivity index is 0.000000704. The van der Waals surface area contributed by atoms with E-state index in [2.05, 4.69) is 4.98 Å². The van der Waals surface area contributed by atoms with Crippen LogP contribution in [0.3, 0.4) is 0 Å². The average Bonchev–Trinajstić information content (AvgIpc) is 3.03. The predicted molar refractivity (Wildman–Crippen MR) is 75.7 cm³/mol. The van der Waals surface area contributed by atoms with E-state index < -0.39 is 0 Å². The van der Waals surface area contributed by atoms with Gasteiger partial charge < -0.3 is 9.47 Å². The van der Waals surface area contributed by atoms with Gasteiger partial charge in [0.1, 0.15) is 5.65 Å². The van der Waals surface area contributed by atoms with Crippen LogP contribution in [0.2, 0.25) is 0 Å². The smallest absolute Gasteiger partial charge is 0.356 e. The largest absolute Gasteiger partial charge is 0.461 e. The normalized spacial score (nSPS) is 16.5. The van der Waals surface area contributed by atoms with Crippen LogP contribution in [-0.4, -0.2) is 22.0 Å². The summed E-state index contributed by atoms with van der Waals surface area (Å²) in [7, 11) is 0. The summed E-state index contributed by atoms with van der Waals surface area (Å²) in [5.74, 6) is -0.350. The summed E-state index contributed by atoms with van der Waals surface area (Å²) in [6.07, 6.45) is 3.53. The molecule has 0 amide bonds. The topological polar surface area (TPSA) is 52.8 Å². The maximum absolute atomic E-state index is 11.8. The number of hydrogen-bond donors (Lipinski definition) is 0. The van der Waals surface area contributed by atoms with Crippen molar-refractivity contribution >= 4 is 11.6 Å². The number of imidazole rings is 1. The van der Waals surface area contributed by atoms with Gasteiger partial charge in [0, 0.05) is 11.8 Å². The number of nitrogens with zero attached hydrogens (tertiary/aromatic N) is 2. The Hall–Kier alpha value is -1.88. The first-order valence-corrected chi connectivity index (χ1v) is 6.99. The number of pyridine rings is 1. The zero-order chi connectivity index (χ0) is 14.7. The van der Waals surface area contributed by atoms with Crippen LogP contribution in [0.15, 0.2) is 18.5 Å². The van der Waals surface area contributed by atoms with Gasteiger partial charge in [-0.25, -0.2) is 9.78 Å². The Morgan fingerprint density at radius 1 is 1.55 bits per heavy atom. The van der Waals surface area contributed by atoms with Crippen molar-refractivity contribution in [3.63, 3.8) is 0 Å². The van der Waals surface area contributed by atoms with E-state index in [0.29, 0.717) is 18.9 Å². The summed E-state index contributed by atoms with van der Waals surface area (Å²) in [4.78, 5) is 16.0. The summed E-state index contributed by atoms with van der Waals surface area (Å²) in [6, 6.07) is 1.96. The third kappa shape index (κ3) is 2.41. The van der Waals surface area contributed by atoms with Gasteiger partial charge in [-0.1, -0.05) is 13.8 Å². The first kappa shape index (κ1) is 14.5. The molecule has 0 aromatic carbocycles. The average molecular weight is 276 g/mol. The molecule has 5 nitrogen and oxygen atoms in total. The number of esters is 1. The summed E-state index contributed by atoms with van der Waals surface area (Å²) in [5.41, 5.74) is 3.44. The summed E-state index contributed by atoms with van der Waals surface area (Å²) in [6.45, 7) is 8.75. The first-order valence-electron chi connectivity index (χ1n) is 6.99. The Labute approximate surface area is 118 Å². The standard InChI is InChI=1S/C13H14N2O3.C2H6/c1-3-17-13(16)11-5-14-12-4-9-7-18-8(2)10(9)6-15(11)12;1-2/h4-6,8H,3,7H2,1-2H3;1-2H3. The van der Waals surface area contributed by atoms with Gasteiger partial charge in [-0.15, -0.1) is 0 Å². The van der Waals surface area contributed by atoms with Crippen LogP contribution in [0.25, 0.3) is 5.65 Å². The van der Waals surface area contributed by atoms with Gasteiger partial charge >= 0.3 is 5.97 Å². The minimum absolute atomic E-state index is 0.0573. The minimum atomic E-state index is -0.350. The molecule has 0 radical (unpaired) electrons. The predicted octanol–water partition coefficient (Wildman–Crippen LogP) is 3.13. The van der Waals surface area contributed by atoms with Crippen LogP contribution in [0, 0.1) is 0 Å². The van der Waals surface area contributed by atoms with Crippen LogP contribution in [-0.2, 0) is 16.1 Å². The van der Waals surface area contributed by atoms with Gasteiger partial charge in [0.2, 0.25) is 0 Å². The van der Waals surface area contributed by atoms with E-state index in [1.807, 2.05) is 33.0 Å². The fourth-order valence-electron chi connectivity index (χ4n) is 2.23. The van der Waals surface area contributed by atoms with Gasteiger partial charge in [-0.05, 0) is 25.5 Å². The molecule has 1 aliphatic heterocycles. The molecule has 1 aliphatic rings. The third-order valence-electron chi connectivity index (χ3n) is 3.18. The SMILES string of the molecule is CC.CCOC(=O)c1cnc2cc3c(cn12)C(C)OC3. The van der Waals surface area contributed by atoms with E-state index in [0.717, 1.165) is 16.8 Å². The molecule has 0 aliphatic carbocycles. The molecular formula is C15H20N2O3. The van der Waals surface area contributed by atoms with Crippen molar-refractivity contribution in [3.8, 4) is 0 Å². The van der Waals surface area contributed by atoms with E-state index in [4.69, 9.17) is 9.47 Å². The zero-order valence-electron chi connectivity index (χ0n) is 12.3. The molecule has 5 heteroatoms. The molecule has 0 saturated heterocycles. The maximum atomic E-state index is 11.8. The zero-order valence-corrected chi connectivity index (χ0v) is 12.3. The van der Waals surface area contributed by atoms with E-state index in [1.54, 1.807) is 17.5 Å². The molecule has 0 N–H and O–H groups in total. The highest BCUT2D eigenvalue weighted by Crippen LogP contribution is 2.30. The second-order valence-corrected chi connectivity index (χ2v) is 4.30. The number of carbonyl (C=O) groups is 1. The van der Waals surface area contributed by atoms with Gasteiger partial charge in [0.25, 0.3) is 0 Å². The summed E-state index contributed by atoms with van der Waals surface area (Å²) in [5, 5.41) is 0. The second-order valence-electron chi connectivity index (χ2n) is 4.30. The molecule has 20 heavy (non-hydrogen) atoms. The summed E-state index contributed by atoms with van der Waals surface area (Å²) < 4.78 is 12.3. The third-order valence-corrected chi connectivity index (χ3v) is 3.18. The lowest BCUT2D eigenvalue weighted by Crippen LogP contribution is -2.08. The van der Waals surface area contributed by atoms with Crippen LogP contribution in [0.1, 0.15) is 55.4 Å². The number of aromatic nitrogens is 2. The minimum Gasteiger partial charge on any atom is -0.461 e. The number of hydrogen-bond acceptors (Lipinski definition) is 4. The molecule has 0 spiro atoms. The molecule has 1 unspecified atom stereocenters. The molecular weight excluding hydrogens is 256 g/mol. The lowest BCUT2D eigenvalue weighted by Gasteiger charge is -2.06. The van der Waals surface area contributed by atoms with Gasteiger partial charge in [-0.3, -0.25) is 4.40 Å². The van der Waals surface area contributed by atoms with Crippen molar-refractivity contribution in [3.05, 3.63) is 35.3 Å². The Kier molecular flexibility index (Phi) is 4.39. The van der Waals surface area contributed by atoms with Crippen molar-refractivity contribution in [2.75, 3.05) is 6.61 Å². The Morgan fingerprint density at radius 3 is 3.00 bits per heavy atom. The lowest BCUT2D eigenvalue weighted by molar-refractivity contribution is 0.0518. The highest BCUT2D eigenvalue weighted by molar-refractivity contribution is 5.88. The first-order chi connectivity index (χ1) is 9.70. The van der Waals surface area contributed by atoms with Gasteiger partial charge in [-0.2, -0.15) is 0 Å². The van der Waals surface area contributed by atoms with Gasteiger partial charge in [0.15, 0.2) is 5.69 Å². The monoisotopic (exact) mass is 276 g/mol. The molecule has 3 heterocycles. The Morgan fingerprint density at radius 2 is 2.30 bits per heavy atom. The van der Waals surface area contributed by atoms with Crippen LogP contribution in [0.5, 0.6) is 0 Å². The fraction of sp³-hybridized carbons (Fsp3) is 0.467. The molecule has 2 aromatic heterocycles. The molecule has 3 rings (SSSR count). The highest BCUT2D eigenvalue weighted by Gasteiger charge is 2.22. The second kappa shape index (κ2) is 6.05. The van der Waals surface area contributed by atoms with Crippen molar-refractivity contribution in [1.82, 2.24) is 9.38 Å². The van der Waals surface area contributed by atoms with Crippen molar-refractivity contribution in [2.24, 2.45) is 0 Å². The lowest BCUT2D eigenvalue weighted by atomic mass is 10.1. The van der Waals surface area contributed by atoms with Gasteiger partial charge in [0.05, 0.1) is 25.5 Å². The fourth-order valence-corrected chi connectivity index (χ4v) is 2.23. The molecule has 0 fully saturated rings. The number of ether oxygens (including phenoxy) is 2. The Bertz CT molecular complexity index is 619. The number of carbonyl (C=O) groups excluding carboxylic acids is 1. The molecule has 2 aromatic rings. The van der Waals surface area contributed by atoms with Crippen LogP contribution >= 0.6 is 0 Å². The number of fused-ring (bicyclic) bond motifs is 2. The summed E-state index contributed by atoms with van der Waals surface area (Å²) >= 11 is 0. The molecule has 0 saturated carbocycles. The maximum Gasteiger partial charge on any atom is 0.356 e. The van der Waals surface area contributed by atoms with E-state index >= 15 is 0 Å². The highest BCUT2D eigenvalue weighted by atomic mass is 16.5. The van der Waals surface area contributed by atoms with E-state index in [-0.39, 0.29) is 12.1 Å². The molecule has 1 atom stereocenters. The van der Waals surface area contributed by atoms with Crippen LogP contribution < -0.4 is 0 Å². The van der Waals surface area contributed by atoms with Crippen molar-refractivity contribution in [1.29, 1.82) is 0 Å². The van der Waals surface area contributed by atoms with Crippen molar-refractivity contribution in [2.45, 2.75) is 40.4 Å². The van der Waals surface area contributed by atoms with E-state index in [9.17, 15) is 4.79 Å². The number of rotatable bonds is 2. The quantitative estimate of drug-likeness (QED) is 0.791. The van der Waals surface area contributed by atoms with E-state index in [1.165, 1.54) is 0 Å². The molecule has 108 valence electrons. The van der Waals surface area contributed by atoms with Crippen molar-refractivity contribution < 1.29 is 14.3 Å². The van der Waals surface area contributed by atoms with Crippen LogP contribution in [0.4, 0.5) is 0 Å².